The molecule has 4 nitrogen and oxygen atoms in total. The van der Waals surface area contributed by atoms with Crippen LogP contribution in [0, 0.1) is 6.92 Å². The van der Waals surface area contributed by atoms with Gasteiger partial charge in [-0.05, 0) is 37.1 Å². The van der Waals surface area contributed by atoms with Crippen molar-refractivity contribution in [3.63, 3.8) is 0 Å². The number of rotatable bonds is 5. The normalized spacial score (nSPS) is 17.0. The number of aryl methyl sites for hydroxylation is 2. The first-order valence-electron chi connectivity index (χ1n) is 9.86. The molecule has 1 aliphatic rings. The van der Waals surface area contributed by atoms with Gasteiger partial charge in [-0.15, -0.1) is 0 Å². The number of ether oxygens (including phenoxy) is 2. The van der Waals surface area contributed by atoms with Gasteiger partial charge in [0.1, 0.15) is 11.5 Å². The Bertz CT molecular complexity index is 947. The van der Waals surface area contributed by atoms with Crippen LogP contribution in [0.25, 0.3) is 0 Å². The van der Waals surface area contributed by atoms with E-state index in [0.29, 0.717) is 0 Å². The maximum absolute atomic E-state index is 5.66. The molecular formula is C24H28N2O2. The highest BCUT2D eigenvalue weighted by Gasteiger charge is 2.28. The first-order valence-corrected chi connectivity index (χ1v) is 9.86. The van der Waals surface area contributed by atoms with Gasteiger partial charge in [-0.25, -0.2) is 0 Å². The van der Waals surface area contributed by atoms with E-state index in [-0.39, 0.29) is 6.04 Å². The highest BCUT2D eigenvalue weighted by molar-refractivity contribution is 5.41. The lowest BCUT2D eigenvalue weighted by Gasteiger charge is -2.31. The van der Waals surface area contributed by atoms with E-state index in [1.54, 1.807) is 14.2 Å². The highest BCUT2D eigenvalue weighted by atomic mass is 16.5. The number of benzene rings is 2. The van der Waals surface area contributed by atoms with E-state index in [1.807, 2.05) is 12.1 Å². The first kappa shape index (κ1) is 18.6. The van der Waals surface area contributed by atoms with Gasteiger partial charge in [-0.3, -0.25) is 4.90 Å². The van der Waals surface area contributed by atoms with Crippen LogP contribution in [0.1, 0.15) is 34.8 Å². The van der Waals surface area contributed by atoms with Crippen molar-refractivity contribution in [3.05, 3.63) is 83.2 Å². The molecule has 4 rings (SSSR count). The average Bonchev–Trinajstić information content (AvgIpc) is 3.09. The maximum atomic E-state index is 5.66. The Morgan fingerprint density at radius 3 is 2.64 bits per heavy atom. The second-order valence-electron chi connectivity index (χ2n) is 7.44. The van der Waals surface area contributed by atoms with E-state index in [2.05, 4.69) is 65.1 Å². The van der Waals surface area contributed by atoms with Gasteiger partial charge in [0.15, 0.2) is 0 Å². The van der Waals surface area contributed by atoms with Gasteiger partial charge < -0.3 is 14.0 Å². The van der Waals surface area contributed by atoms with Crippen LogP contribution in [-0.4, -0.2) is 30.2 Å². The van der Waals surface area contributed by atoms with Crippen LogP contribution in [0.4, 0.5) is 0 Å². The molecule has 0 aliphatic carbocycles. The zero-order chi connectivity index (χ0) is 19.5. The van der Waals surface area contributed by atoms with Crippen molar-refractivity contribution in [2.75, 3.05) is 20.8 Å². The quantitative estimate of drug-likeness (QED) is 0.639. The van der Waals surface area contributed by atoms with Gasteiger partial charge in [0.2, 0.25) is 0 Å². The smallest absolute Gasteiger partial charge is 0.127 e. The molecule has 0 radical (unpaired) electrons. The average molecular weight is 377 g/mol. The van der Waals surface area contributed by atoms with Gasteiger partial charge in [0, 0.05) is 43.2 Å². The van der Waals surface area contributed by atoms with Gasteiger partial charge in [-0.1, -0.05) is 35.9 Å². The first-order chi connectivity index (χ1) is 13.7. The molecule has 3 aromatic rings. The third kappa shape index (κ3) is 3.65. The fourth-order valence-electron chi connectivity index (χ4n) is 4.23. The summed E-state index contributed by atoms with van der Waals surface area (Å²) in [4.78, 5) is 2.57. The predicted molar refractivity (Wildman–Crippen MR) is 112 cm³/mol. The van der Waals surface area contributed by atoms with Crippen LogP contribution in [-0.2, 0) is 13.1 Å². The lowest BCUT2D eigenvalue weighted by molar-refractivity contribution is 0.217. The molecule has 0 fully saturated rings. The minimum atomic E-state index is 0.226. The minimum Gasteiger partial charge on any atom is -0.497 e. The van der Waals surface area contributed by atoms with Crippen LogP contribution >= 0.6 is 0 Å². The Labute approximate surface area is 167 Å². The minimum absolute atomic E-state index is 0.226. The van der Waals surface area contributed by atoms with Gasteiger partial charge in [0.25, 0.3) is 0 Å². The third-order valence-electron chi connectivity index (χ3n) is 5.58. The summed E-state index contributed by atoms with van der Waals surface area (Å²) in [5.41, 5.74) is 5.17. The molecule has 4 heteroatoms. The van der Waals surface area contributed by atoms with E-state index in [9.17, 15) is 0 Å². The van der Waals surface area contributed by atoms with Crippen LogP contribution in [0.5, 0.6) is 11.5 Å². The van der Waals surface area contributed by atoms with E-state index < -0.39 is 0 Å². The maximum Gasteiger partial charge on any atom is 0.127 e. The largest absolute Gasteiger partial charge is 0.497 e. The van der Waals surface area contributed by atoms with Crippen molar-refractivity contribution in [1.82, 2.24) is 9.47 Å². The Hall–Kier alpha value is -2.72. The van der Waals surface area contributed by atoms with Gasteiger partial charge >= 0.3 is 0 Å². The molecular weight excluding hydrogens is 348 g/mol. The topological polar surface area (TPSA) is 26.6 Å². The lowest BCUT2D eigenvalue weighted by Crippen LogP contribution is -2.29. The van der Waals surface area contributed by atoms with Crippen LogP contribution in [0.15, 0.2) is 60.8 Å². The van der Waals surface area contributed by atoms with Gasteiger partial charge in [0.05, 0.1) is 20.3 Å². The molecule has 1 aliphatic heterocycles. The van der Waals surface area contributed by atoms with E-state index in [4.69, 9.17) is 9.47 Å². The standard InChI is InChI=1S/C24H28N2O2/c1-18-7-4-8-19(15-18)24-22-9-5-12-25(22)13-6-14-26(24)17-20-10-11-21(27-2)16-23(20)28-3/h4-5,7-12,15-16,24H,6,13-14,17H2,1-3H3/t24-/m0/s1. The summed E-state index contributed by atoms with van der Waals surface area (Å²) < 4.78 is 13.4. The van der Waals surface area contributed by atoms with Crippen molar-refractivity contribution in [3.8, 4) is 11.5 Å². The molecule has 0 N–H and O–H groups in total. The molecule has 1 atom stereocenters. The summed E-state index contributed by atoms with van der Waals surface area (Å²) in [6, 6.07) is 19.6. The lowest BCUT2D eigenvalue weighted by atomic mass is 9.99. The molecule has 0 unspecified atom stereocenters. The molecule has 146 valence electrons. The van der Waals surface area contributed by atoms with Crippen molar-refractivity contribution < 1.29 is 9.47 Å². The molecule has 0 saturated heterocycles. The molecule has 1 aromatic heterocycles. The van der Waals surface area contributed by atoms with Crippen LogP contribution < -0.4 is 9.47 Å². The number of methoxy groups -OCH3 is 2. The van der Waals surface area contributed by atoms with E-state index in [0.717, 1.165) is 37.6 Å². The molecule has 0 bridgehead atoms. The summed E-state index contributed by atoms with van der Waals surface area (Å²) in [5, 5.41) is 0. The van der Waals surface area contributed by atoms with Crippen LogP contribution in [0.2, 0.25) is 0 Å². The summed E-state index contributed by atoms with van der Waals surface area (Å²) in [7, 11) is 3.41. The fourth-order valence-corrected chi connectivity index (χ4v) is 4.23. The number of hydrogen-bond acceptors (Lipinski definition) is 3. The van der Waals surface area contributed by atoms with Crippen molar-refractivity contribution >= 4 is 0 Å². The molecule has 28 heavy (non-hydrogen) atoms. The van der Waals surface area contributed by atoms with E-state index >= 15 is 0 Å². The van der Waals surface area contributed by atoms with E-state index in [1.165, 1.54) is 22.4 Å². The molecule has 2 aromatic carbocycles. The fraction of sp³-hybridized carbons (Fsp3) is 0.333. The van der Waals surface area contributed by atoms with Crippen molar-refractivity contribution in [2.24, 2.45) is 0 Å². The number of aromatic nitrogens is 1. The Morgan fingerprint density at radius 2 is 1.86 bits per heavy atom. The molecule has 2 heterocycles. The zero-order valence-electron chi connectivity index (χ0n) is 16.9. The Balaban J connectivity index is 1.74. The summed E-state index contributed by atoms with van der Waals surface area (Å²) in [6.07, 6.45) is 3.33. The van der Waals surface area contributed by atoms with Crippen LogP contribution in [0.3, 0.4) is 0 Å². The number of nitrogens with zero attached hydrogens (tertiary/aromatic N) is 2. The number of fused-ring (bicyclic) bond motifs is 1. The van der Waals surface area contributed by atoms with Crippen molar-refractivity contribution in [1.29, 1.82) is 0 Å². The zero-order valence-corrected chi connectivity index (χ0v) is 16.9. The predicted octanol–water partition coefficient (Wildman–Crippen LogP) is 4.81. The number of hydrogen-bond donors (Lipinski definition) is 0. The monoisotopic (exact) mass is 376 g/mol. The molecule has 0 spiro atoms. The summed E-state index contributed by atoms with van der Waals surface area (Å²) >= 11 is 0. The SMILES string of the molecule is COc1ccc(CN2CCCn3cccc3[C@@H]2c2cccc(C)c2)c(OC)c1. The second-order valence-corrected chi connectivity index (χ2v) is 7.44. The Morgan fingerprint density at radius 1 is 0.964 bits per heavy atom. The summed E-state index contributed by atoms with van der Waals surface area (Å²) in [6.45, 7) is 5.09. The summed E-state index contributed by atoms with van der Waals surface area (Å²) in [5.74, 6) is 1.70. The molecule has 0 saturated carbocycles. The molecule has 0 amide bonds. The highest BCUT2D eigenvalue weighted by Crippen LogP contribution is 2.35. The second kappa shape index (κ2) is 8.11. The Kier molecular flexibility index (Phi) is 5.40. The van der Waals surface area contributed by atoms with Gasteiger partial charge in [-0.2, -0.15) is 0 Å². The van der Waals surface area contributed by atoms with Crippen molar-refractivity contribution in [2.45, 2.75) is 32.5 Å². The third-order valence-corrected chi connectivity index (χ3v) is 5.58.